The van der Waals surface area contributed by atoms with Crippen LogP contribution in [0.4, 0.5) is 4.79 Å². The Bertz CT molecular complexity index is 1060. The van der Waals surface area contributed by atoms with Crippen molar-refractivity contribution in [1.29, 1.82) is 0 Å². The third kappa shape index (κ3) is 6.61. The van der Waals surface area contributed by atoms with Gasteiger partial charge >= 0.3 is 6.09 Å². The molecule has 212 valence electrons. The van der Waals surface area contributed by atoms with Gasteiger partial charge in [0.2, 0.25) is 5.91 Å². The van der Waals surface area contributed by atoms with Gasteiger partial charge in [0.1, 0.15) is 24.9 Å². The molecule has 1 heterocycles. The Balaban J connectivity index is 1.29. The van der Waals surface area contributed by atoms with Crippen molar-refractivity contribution in [2.45, 2.75) is 70.2 Å². The van der Waals surface area contributed by atoms with Gasteiger partial charge in [-0.3, -0.25) is 4.79 Å². The van der Waals surface area contributed by atoms with E-state index >= 15 is 0 Å². The fourth-order valence-electron chi connectivity index (χ4n) is 5.55. The lowest BCUT2D eigenvalue weighted by molar-refractivity contribution is -0.274. The van der Waals surface area contributed by atoms with E-state index in [4.69, 9.17) is 23.7 Å². The SMILES string of the molecule is CCOC1OC(CC)[C@@H](OC)[C@H](OCC)C1NC(=O)CCNC(=O)OCC1c2ccccc2-c2ccccc21. The van der Waals surface area contributed by atoms with Crippen molar-refractivity contribution in [3.63, 3.8) is 0 Å². The summed E-state index contributed by atoms with van der Waals surface area (Å²) >= 11 is 0. The molecule has 9 heteroatoms. The summed E-state index contributed by atoms with van der Waals surface area (Å²) in [5.41, 5.74) is 4.63. The largest absolute Gasteiger partial charge is 0.449 e. The van der Waals surface area contributed by atoms with Gasteiger partial charge in [-0.05, 0) is 42.5 Å². The molecule has 0 saturated carbocycles. The fourth-order valence-corrected chi connectivity index (χ4v) is 5.55. The molecule has 0 aromatic heterocycles. The molecule has 2 aromatic carbocycles. The Morgan fingerprint density at radius 1 is 0.897 bits per heavy atom. The summed E-state index contributed by atoms with van der Waals surface area (Å²) in [5, 5.41) is 5.68. The number of amides is 2. The second-order valence-electron chi connectivity index (χ2n) is 9.62. The van der Waals surface area contributed by atoms with Crippen molar-refractivity contribution < 1.29 is 33.3 Å². The van der Waals surface area contributed by atoms with Gasteiger partial charge in [-0.2, -0.15) is 0 Å². The second kappa shape index (κ2) is 13.9. The topological polar surface area (TPSA) is 104 Å². The van der Waals surface area contributed by atoms with Crippen LogP contribution in [0.15, 0.2) is 48.5 Å². The molecule has 0 bridgehead atoms. The number of fused-ring (bicyclic) bond motifs is 3. The maximum Gasteiger partial charge on any atom is 0.407 e. The van der Waals surface area contributed by atoms with Crippen LogP contribution in [0.1, 0.15) is 50.7 Å². The lowest BCUT2D eigenvalue weighted by atomic mass is 9.94. The van der Waals surface area contributed by atoms with Gasteiger partial charge in [-0.1, -0.05) is 55.5 Å². The number of benzene rings is 2. The van der Waals surface area contributed by atoms with Crippen molar-refractivity contribution in [3.8, 4) is 11.1 Å². The number of nitrogens with one attached hydrogen (secondary N) is 2. The molecule has 2 aliphatic rings. The summed E-state index contributed by atoms with van der Waals surface area (Å²) in [4.78, 5) is 25.3. The Kier molecular flexibility index (Phi) is 10.3. The minimum Gasteiger partial charge on any atom is -0.449 e. The van der Waals surface area contributed by atoms with Crippen LogP contribution in [-0.4, -0.2) is 76.1 Å². The third-order valence-electron chi connectivity index (χ3n) is 7.30. The Hall–Kier alpha value is -2.98. The van der Waals surface area contributed by atoms with Crippen LogP contribution in [0.5, 0.6) is 0 Å². The normalized spacial score (nSPS) is 24.1. The highest BCUT2D eigenvalue weighted by Crippen LogP contribution is 2.44. The van der Waals surface area contributed by atoms with Crippen molar-refractivity contribution in [2.24, 2.45) is 0 Å². The second-order valence-corrected chi connectivity index (χ2v) is 9.62. The van der Waals surface area contributed by atoms with Gasteiger partial charge in [0, 0.05) is 39.2 Å². The highest BCUT2D eigenvalue weighted by atomic mass is 16.7. The molecule has 1 aliphatic carbocycles. The third-order valence-corrected chi connectivity index (χ3v) is 7.30. The molecule has 4 rings (SSSR count). The molecule has 3 unspecified atom stereocenters. The van der Waals surface area contributed by atoms with E-state index in [0.717, 1.165) is 17.5 Å². The zero-order chi connectivity index (χ0) is 27.8. The molecule has 2 aromatic rings. The fraction of sp³-hybridized carbons (Fsp3) is 0.533. The standard InChI is InChI=1S/C30H40N2O7/c1-5-24-27(35-4)28(36-6-2)26(29(39-24)37-7-3)32-25(33)16-17-31-30(34)38-18-23-21-14-10-8-12-19(21)20-13-9-11-15-22(20)23/h8-15,23-24,26-29H,5-7,16-18H2,1-4H3,(H,31,34)(H,32,33)/t24?,26?,27-,28-,29?/m1/s1. The lowest BCUT2D eigenvalue weighted by Crippen LogP contribution is -2.65. The number of hydrogen-bond acceptors (Lipinski definition) is 7. The van der Waals surface area contributed by atoms with E-state index in [1.807, 2.05) is 45.0 Å². The van der Waals surface area contributed by atoms with Gasteiger partial charge in [0.05, 0.1) is 6.10 Å². The highest BCUT2D eigenvalue weighted by Gasteiger charge is 2.47. The molecule has 1 saturated heterocycles. The van der Waals surface area contributed by atoms with Gasteiger partial charge in [0.25, 0.3) is 0 Å². The first kappa shape index (κ1) is 29.0. The average molecular weight is 541 g/mol. The molecule has 39 heavy (non-hydrogen) atoms. The number of carbonyl (C=O) groups excluding carboxylic acids is 2. The summed E-state index contributed by atoms with van der Waals surface area (Å²) in [5.74, 6) is -0.286. The number of carbonyl (C=O) groups is 2. The average Bonchev–Trinajstić information content (AvgIpc) is 3.27. The maximum absolute atomic E-state index is 12.9. The molecule has 0 radical (unpaired) electrons. The predicted molar refractivity (Wildman–Crippen MR) is 146 cm³/mol. The zero-order valence-electron chi connectivity index (χ0n) is 23.2. The number of hydrogen-bond donors (Lipinski definition) is 2. The van der Waals surface area contributed by atoms with E-state index in [-0.39, 0.29) is 43.6 Å². The molecular formula is C30H40N2O7. The minimum absolute atomic E-state index is 0.0237. The van der Waals surface area contributed by atoms with Crippen molar-refractivity contribution in [2.75, 3.05) is 33.5 Å². The van der Waals surface area contributed by atoms with Crippen LogP contribution in [0.2, 0.25) is 0 Å². The van der Waals surface area contributed by atoms with Gasteiger partial charge in [-0.15, -0.1) is 0 Å². The Morgan fingerprint density at radius 3 is 2.13 bits per heavy atom. The zero-order valence-corrected chi connectivity index (χ0v) is 23.2. The Morgan fingerprint density at radius 2 is 1.54 bits per heavy atom. The molecular weight excluding hydrogens is 500 g/mol. The lowest BCUT2D eigenvalue weighted by Gasteiger charge is -2.45. The number of methoxy groups -OCH3 is 1. The summed E-state index contributed by atoms with van der Waals surface area (Å²) in [7, 11) is 1.61. The van der Waals surface area contributed by atoms with Gasteiger partial charge in [-0.25, -0.2) is 4.79 Å². The summed E-state index contributed by atoms with van der Waals surface area (Å²) in [6, 6.07) is 15.8. The molecule has 5 atom stereocenters. The quantitative estimate of drug-likeness (QED) is 0.420. The van der Waals surface area contributed by atoms with Crippen molar-refractivity contribution >= 4 is 12.0 Å². The van der Waals surface area contributed by atoms with E-state index in [2.05, 4.69) is 34.9 Å². The number of alkyl carbamates (subject to hydrolysis) is 1. The molecule has 2 N–H and O–H groups in total. The predicted octanol–water partition coefficient (Wildman–Crippen LogP) is 3.99. The van der Waals surface area contributed by atoms with Crippen LogP contribution in [-0.2, 0) is 28.5 Å². The van der Waals surface area contributed by atoms with Crippen LogP contribution in [0.3, 0.4) is 0 Å². The number of ether oxygens (including phenoxy) is 5. The first-order valence-corrected chi connectivity index (χ1v) is 13.8. The molecule has 2 amide bonds. The van der Waals surface area contributed by atoms with Gasteiger partial charge < -0.3 is 34.3 Å². The first-order chi connectivity index (χ1) is 19.0. The number of rotatable bonds is 12. The van der Waals surface area contributed by atoms with E-state index in [9.17, 15) is 9.59 Å². The van der Waals surface area contributed by atoms with Crippen molar-refractivity contribution in [1.82, 2.24) is 10.6 Å². The smallest absolute Gasteiger partial charge is 0.407 e. The van der Waals surface area contributed by atoms with Crippen LogP contribution < -0.4 is 10.6 Å². The summed E-state index contributed by atoms with van der Waals surface area (Å²) in [6.07, 6.45) is -1.45. The van der Waals surface area contributed by atoms with E-state index < -0.39 is 24.5 Å². The molecule has 0 spiro atoms. The van der Waals surface area contributed by atoms with E-state index in [1.54, 1.807) is 7.11 Å². The van der Waals surface area contributed by atoms with Crippen molar-refractivity contribution in [3.05, 3.63) is 59.7 Å². The van der Waals surface area contributed by atoms with Crippen LogP contribution in [0, 0.1) is 0 Å². The van der Waals surface area contributed by atoms with E-state index in [0.29, 0.717) is 13.2 Å². The molecule has 1 fully saturated rings. The summed E-state index contributed by atoms with van der Waals surface area (Å²) < 4.78 is 29.2. The highest BCUT2D eigenvalue weighted by molar-refractivity contribution is 5.79. The van der Waals surface area contributed by atoms with Crippen LogP contribution >= 0.6 is 0 Å². The Labute approximate surface area is 230 Å². The minimum atomic E-state index is -0.665. The first-order valence-electron chi connectivity index (χ1n) is 13.8. The van der Waals surface area contributed by atoms with Crippen LogP contribution in [0.25, 0.3) is 11.1 Å². The van der Waals surface area contributed by atoms with E-state index in [1.165, 1.54) is 11.1 Å². The maximum atomic E-state index is 12.9. The molecule has 1 aliphatic heterocycles. The summed E-state index contributed by atoms with van der Waals surface area (Å²) in [6.45, 7) is 7.00. The van der Waals surface area contributed by atoms with Gasteiger partial charge in [0.15, 0.2) is 6.29 Å². The molecule has 9 nitrogen and oxygen atoms in total. The monoisotopic (exact) mass is 540 g/mol.